The van der Waals surface area contributed by atoms with Crippen molar-refractivity contribution in [2.75, 3.05) is 38.2 Å². The Hall–Kier alpha value is -3.53. The molecule has 2 N–H and O–H groups in total. The second-order valence-corrected chi connectivity index (χ2v) is 8.67. The second kappa shape index (κ2) is 10.8. The van der Waals surface area contributed by atoms with E-state index < -0.39 is 24.3 Å². The van der Waals surface area contributed by atoms with E-state index >= 15 is 0 Å². The topological polar surface area (TPSA) is 91.0 Å². The summed E-state index contributed by atoms with van der Waals surface area (Å²) < 4.78 is 31.0. The van der Waals surface area contributed by atoms with Crippen molar-refractivity contribution in [2.24, 2.45) is 0 Å². The Kier molecular flexibility index (Phi) is 7.60. The van der Waals surface area contributed by atoms with E-state index in [0.29, 0.717) is 17.9 Å². The van der Waals surface area contributed by atoms with E-state index in [-0.39, 0.29) is 24.3 Å². The Labute approximate surface area is 202 Å². The number of rotatable bonds is 7. The lowest BCUT2D eigenvalue weighted by molar-refractivity contribution is -0.134. The normalized spacial score (nSPS) is 19.0. The summed E-state index contributed by atoms with van der Waals surface area (Å²) in [6.07, 6.45) is -2.00. The second-order valence-electron chi connectivity index (χ2n) is 8.67. The van der Waals surface area contributed by atoms with Crippen LogP contribution >= 0.6 is 0 Å². The molecule has 0 saturated carbocycles. The van der Waals surface area contributed by atoms with Crippen molar-refractivity contribution in [2.45, 2.75) is 31.9 Å². The number of piperazine rings is 1. The molecule has 8 nitrogen and oxygen atoms in total. The van der Waals surface area contributed by atoms with Gasteiger partial charge < -0.3 is 15.0 Å². The third-order valence-corrected chi connectivity index (χ3v) is 6.34. The Morgan fingerprint density at radius 3 is 2.46 bits per heavy atom. The van der Waals surface area contributed by atoms with Gasteiger partial charge in [0.15, 0.2) is 0 Å². The number of piperidine rings is 1. The lowest BCUT2D eigenvalue weighted by atomic mass is 10.1. The molecule has 2 aliphatic rings. The van der Waals surface area contributed by atoms with Crippen LogP contribution in [0, 0.1) is 0 Å². The molecule has 2 saturated heterocycles. The van der Waals surface area contributed by atoms with Crippen LogP contribution in [0.15, 0.2) is 42.5 Å². The maximum Gasteiger partial charge on any atom is 0.263 e. The summed E-state index contributed by atoms with van der Waals surface area (Å²) in [6.45, 7) is 3.75. The highest BCUT2D eigenvalue weighted by atomic mass is 19.3. The number of hydrogen-bond donors (Lipinski definition) is 2. The zero-order valence-corrected chi connectivity index (χ0v) is 19.4. The van der Waals surface area contributed by atoms with Gasteiger partial charge in [-0.25, -0.2) is 8.78 Å². The highest BCUT2D eigenvalue weighted by Gasteiger charge is 2.28. The SMILES string of the molecule is COc1cc(C(=O)NC2CCC(=O)NC2=O)ccc1N1CCN(Cc2ccc(C(F)F)cc2)CC1. The van der Waals surface area contributed by atoms with Gasteiger partial charge in [0.1, 0.15) is 11.8 Å². The quantitative estimate of drug-likeness (QED) is 0.585. The van der Waals surface area contributed by atoms with Gasteiger partial charge in [-0.15, -0.1) is 0 Å². The van der Waals surface area contributed by atoms with Crippen LogP contribution in [0.4, 0.5) is 14.5 Å². The number of nitrogens with zero attached hydrogens (tertiary/aromatic N) is 2. The van der Waals surface area contributed by atoms with Crippen LogP contribution in [0.1, 0.15) is 40.8 Å². The number of carbonyl (C=O) groups excluding carboxylic acids is 3. The highest BCUT2D eigenvalue weighted by molar-refractivity contribution is 6.04. The first kappa shape index (κ1) is 24.6. The van der Waals surface area contributed by atoms with E-state index in [1.54, 1.807) is 31.4 Å². The molecule has 0 bridgehead atoms. The molecule has 0 aliphatic carbocycles. The Morgan fingerprint density at radius 1 is 1.11 bits per heavy atom. The fraction of sp³-hybridized carbons (Fsp3) is 0.400. The van der Waals surface area contributed by atoms with Crippen LogP contribution in [-0.2, 0) is 16.1 Å². The lowest BCUT2D eigenvalue weighted by Crippen LogP contribution is -2.52. The summed E-state index contributed by atoms with van der Waals surface area (Å²) in [5.74, 6) is -0.693. The fourth-order valence-electron chi connectivity index (χ4n) is 4.33. The summed E-state index contributed by atoms with van der Waals surface area (Å²) in [5.41, 5.74) is 2.25. The number of halogens is 2. The van der Waals surface area contributed by atoms with Crippen LogP contribution in [0.5, 0.6) is 5.75 Å². The minimum Gasteiger partial charge on any atom is -0.495 e. The van der Waals surface area contributed by atoms with E-state index in [2.05, 4.69) is 20.4 Å². The van der Waals surface area contributed by atoms with Crippen molar-refractivity contribution >= 4 is 23.4 Å². The summed E-state index contributed by atoms with van der Waals surface area (Å²) in [4.78, 5) is 40.3. The van der Waals surface area contributed by atoms with Crippen molar-refractivity contribution in [1.29, 1.82) is 0 Å². The maximum absolute atomic E-state index is 12.8. The number of carbonyl (C=O) groups is 3. The minimum absolute atomic E-state index is 0.0277. The Bertz CT molecular complexity index is 1090. The van der Waals surface area contributed by atoms with Crippen LogP contribution in [0.2, 0.25) is 0 Å². The third kappa shape index (κ3) is 5.94. The van der Waals surface area contributed by atoms with Crippen LogP contribution in [-0.4, -0.2) is 62.0 Å². The van der Waals surface area contributed by atoms with Crippen molar-refractivity contribution < 1.29 is 27.9 Å². The number of anilines is 1. The fourth-order valence-corrected chi connectivity index (χ4v) is 4.33. The molecule has 186 valence electrons. The molecular weight excluding hydrogens is 458 g/mol. The molecular formula is C25H28F2N4O4. The van der Waals surface area contributed by atoms with E-state index in [1.807, 2.05) is 6.07 Å². The Balaban J connectivity index is 1.35. The molecule has 3 amide bonds. The largest absolute Gasteiger partial charge is 0.495 e. The van der Waals surface area contributed by atoms with E-state index in [4.69, 9.17) is 4.74 Å². The first-order valence-corrected chi connectivity index (χ1v) is 11.5. The predicted molar refractivity (Wildman–Crippen MR) is 126 cm³/mol. The van der Waals surface area contributed by atoms with Gasteiger partial charge in [0.05, 0.1) is 12.8 Å². The number of hydrogen-bond acceptors (Lipinski definition) is 6. The Morgan fingerprint density at radius 2 is 1.83 bits per heavy atom. The molecule has 1 atom stereocenters. The van der Waals surface area contributed by atoms with Crippen LogP contribution in [0.3, 0.4) is 0 Å². The van der Waals surface area contributed by atoms with Crippen molar-refractivity contribution in [3.05, 3.63) is 59.2 Å². The zero-order chi connectivity index (χ0) is 24.9. The lowest BCUT2D eigenvalue weighted by Gasteiger charge is -2.36. The van der Waals surface area contributed by atoms with Crippen LogP contribution in [0.25, 0.3) is 0 Å². The monoisotopic (exact) mass is 486 g/mol. The molecule has 2 aromatic rings. The van der Waals surface area contributed by atoms with Gasteiger partial charge in [-0.05, 0) is 30.2 Å². The smallest absolute Gasteiger partial charge is 0.263 e. The van der Waals surface area contributed by atoms with E-state index in [9.17, 15) is 23.2 Å². The molecule has 1 unspecified atom stereocenters. The summed E-state index contributed by atoms with van der Waals surface area (Å²) in [5, 5.41) is 4.90. The molecule has 10 heteroatoms. The molecule has 4 rings (SSSR count). The molecule has 2 fully saturated rings. The zero-order valence-electron chi connectivity index (χ0n) is 19.4. The van der Waals surface area contributed by atoms with Gasteiger partial charge in [0.25, 0.3) is 12.3 Å². The van der Waals surface area contributed by atoms with Crippen molar-refractivity contribution in [3.8, 4) is 5.75 Å². The first-order chi connectivity index (χ1) is 16.8. The third-order valence-electron chi connectivity index (χ3n) is 6.34. The molecule has 2 aromatic carbocycles. The number of amides is 3. The molecule has 2 heterocycles. The van der Waals surface area contributed by atoms with Gasteiger partial charge >= 0.3 is 0 Å². The average molecular weight is 487 g/mol. The number of ether oxygens (including phenoxy) is 1. The summed E-state index contributed by atoms with van der Waals surface area (Å²) in [7, 11) is 1.54. The molecule has 2 aliphatic heterocycles. The van der Waals surface area contributed by atoms with Crippen molar-refractivity contribution in [1.82, 2.24) is 15.5 Å². The van der Waals surface area contributed by atoms with Crippen molar-refractivity contribution in [3.63, 3.8) is 0 Å². The molecule has 35 heavy (non-hydrogen) atoms. The van der Waals surface area contributed by atoms with Gasteiger partial charge in [-0.2, -0.15) is 0 Å². The van der Waals surface area contributed by atoms with Gasteiger partial charge in [0.2, 0.25) is 11.8 Å². The maximum atomic E-state index is 12.8. The molecule has 0 spiro atoms. The van der Waals surface area contributed by atoms with E-state index in [1.165, 1.54) is 12.1 Å². The van der Waals surface area contributed by atoms with Crippen LogP contribution < -0.4 is 20.3 Å². The number of imide groups is 1. The van der Waals surface area contributed by atoms with Gasteiger partial charge in [0, 0.05) is 50.3 Å². The summed E-state index contributed by atoms with van der Waals surface area (Å²) in [6, 6.07) is 10.9. The van der Waals surface area contributed by atoms with Gasteiger partial charge in [-0.1, -0.05) is 24.3 Å². The minimum atomic E-state index is -2.46. The van der Waals surface area contributed by atoms with E-state index in [0.717, 1.165) is 37.4 Å². The first-order valence-electron chi connectivity index (χ1n) is 11.5. The average Bonchev–Trinajstić information content (AvgIpc) is 2.86. The number of nitrogens with one attached hydrogen (secondary N) is 2. The highest BCUT2D eigenvalue weighted by Crippen LogP contribution is 2.30. The predicted octanol–water partition coefficient (Wildman–Crippen LogP) is 2.49. The molecule has 0 aromatic heterocycles. The number of benzene rings is 2. The van der Waals surface area contributed by atoms with Gasteiger partial charge in [-0.3, -0.25) is 24.6 Å². The standard InChI is InChI=1S/C25H28F2N4O4/c1-35-21-14-18(24(33)28-19-7-9-22(32)29-25(19)34)6-8-20(21)31-12-10-30(11-13-31)15-16-2-4-17(5-3-16)23(26)27/h2-6,8,14,19,23H,7,9-13,15H2,1H3,(H,28,33)(H,29,32,34). The number of alkyl halides is 2. The molecule has 0 radical (unpaired) electrons. The number of methoxy groups -OCH3 is 1. The summed E-state index contributed by atoms with van der Waals surface area (Å²) >= 11 is 0.